The number of rotatable bonds is 2. The Morgan fingerprint density at radius 1 is 1.13 bits per heavy atom. The van der Waals surface area contributed by atoms with Crippen LogP contribution < -0.4 is 4.80 Å². The van der Waals surface area contributed by atoms with Crippen molar-refractivity contribution in [3.63, 3.8) is 0 Å². The standard InChI is InChI=1S/C15H8ClFN4OS/c16-10-6-2-4-8-12(10)18-14-19-15-21(23-14)20-13(22-15)9-5-1-3-7-11(9)17/h1-8H. The Morgan fingerprint density at radius 3 is 2.70 bits per heavy atom. The first-order valence-corrected chi connectivity index (χ1v) is 7.77. The van der Waals surface area contributed by atoms with Crippen molar-refractivity contribution in [2.24, 2.45) is 4.99 Å². The largest absolute Gasteiger partial charge is 0.402 e. The maximum absolute atomic E-state index is 13.8. The smallest absolute Gasteiger partial charge is 0.337 e. The molecule has 0 aliphatic rings. The molecule has 0 aliphatic heterocycles. The van der Waals surface area contributed by atoms with Crippen molar-refractivity contribution < 1.29 is 8.81 Å². The lowest BCUT2D eigenvalue weighted by Gasteiger charge is -1.95. The Balaban J connectivity index is 1.78. The zero-order valence-electron chi connectivity index (χ0n) is 11.5. The summed E-state index contributed by atoms with van der Waals surface area (Å²) in [5, 5.41) is 4.73. The summed E-state index contributed by atoms with van der Waals surface area (Å²) < 4.78 is 20.7. The fourth-order valence-electron chi connectivity index (χ4n) is 2.01. The van der Waals surface area contributed by atoms with Crippen LogP contribution in [0, 0.1) is 5.82 Å². The second-order valence-electron chi connectivity index (χ2n) is 4.59. The molecule has 4 aromatic rings. The number of benzene rings is 2. The van der Waals surface area contributed by atoms with Gasteiger partial charge in [-0.05, 0) is 24.3 Å². The van der Waals surface area contributed by atoms with E-state index in [0.717, 1.165) is 0 Å². The Hall–Kier alpha value is -2.51. The van der Waals surface area contributed by atoms with Crippen molar-refractivity contribution in [2.45, 2.75) is 0 Å². The van der Waals surface area contributed by atoms with Gasteiger partial charge in [0.2, 0.25) is 4.80 Å². The van der Waals surface area contributed by atoms with E-state index in [1.807, 2.05) is 12.1 Å². The lowest BCUT2D eigenvalue weighted by atomic mass is 10.2. The Morgan fingerprint density at radius 2 is 1.91 bits per heavy atom. The molecule has 4 rings (SSSR count). The van der Waals surface area contributed by atoms with Crippen LogP contribution in [0.4, 0.5) is 10.1 Å². The predicted molar refractivity (Wildman–Crippen MR) is 85.2 cm³/mol. The third kappa shape index (κ3) is 2.64. The molecule has 0 saturated carbocycles. The zero-order valence-corrected chi connectivity index (χ0v) is 13.1. The minimum atomic E-state index is -0.400. The molecule has 0 N–H and O–H groups in total. The molecule has 8 heteroatoms. The van der Waals surface area contributed by atoms with Crippen LogP contribution in [0.1, 0.15) is 0 Å². The van der Waals surface area contributed by atoms with Crippen molar-refractivity contribution in [3.05, 3.63) is 64.2 Å². The molecule has 2 aromatic carbocycles. The molecule has 2 aromatic heterocycles. The number of halogens is 2. The van der Waals surface area contributed by atoms with Gasteiger partial charge in [-0.3, -0.25) is 0 Å². The molecule has 0 saturated heterocycles. The van der Waals surface area contributed by atoms with Crippen LogP contribution in [0.25, 0.3) is 17.3 Å². The summed E-state index contributed by atoms with van der Waals surface area (Å²) in [6.07, 6.45) is 0. The molecule has 114 valence electrons. The molecule has 0 radical (unpaired) electrons. The molecule has 2 heterocycles. The summed E-state index contributed by atoms with van der Waals surface area (Å²) >= 11 is 7.24. The molecule has 0 spiro atoms. The first kappa shape index (κ1) is 14.1. The number of aromatic nitrogens is 3. The topological polar surface area (TPSA) is 55.7 Å². The van der Waals surface area contributed by atoms with E-state index in [0.29, 0.717) is 15.5 Å². The van der Waals surface area contributed by atoms with Gasteiger partial charge in [0.05, 0.1) is 16.3 Å². The predicted octanol–water partition coefficient (Wildman–Crippen LogP) is 4.08. The molecule has 0 unspecified atom stereocenters. The molecule has 0 aliphatic carbocycles. The molecule has 23 heavy (non-hydrogen) atoms. The van der Waals surface area contributed by atoms with Gasteiger partial charge in [0, 0.05) is 11.5 Å². The van der Waals surface area contributed by atoms with E-state index in [4.69, 9.17) is 16.0 Å². The summed E-state index contributed by atoms with van der Waals surface area (Å²) in [7, 11) is 0. The fourth-order valence-corrected chi connectivity index (χ4v) is 2.87. The van der Waals surface area contributed by atoms with E-state index in [1.165, 1.54) is 21.5 Å². The highest BCUT2D eigenvalue weighted by Gasteiger charge is 2.14. The summed E-state index contributed by atoms with van der Waals surface area (Å²) in [6.45, 7) is 0. The van der Waals surface area contributed by atoms with Crippen molar-refractivity contribution in [1.29, 1.82) is 0 Å². The van der Waals surface area contributed by atoms with Gasteiger partial charge < -0.3 is 4.42 Å². The third-order valence-corrected chi connectivity index (χ3v) is 4.14. The summed E-state index contributed by atoms with van der Waals surface area (Å²) in [5.41, 5.74) is 0.898. The second-order valence-corrected chi connectivity index (χ2v) is 5.89. The van der Waals surface area contributed by atoms with Crippen LogP contribution >= 0.6 is 23.1 Å². The van der Waals surface area contributed by atoms with Gasteiger partial charge >= 0.3 is 5.84 Å². The van der Waals surface area contributed by atoms with Gasteiger partial charge in [0.25, 0.3) is 5.89 Å². The number of nitrogens with zero attached hydrogens (tertiary/aromatic N) is 4. The fraction of sp³-hybridized carbons (Fsp3) is 0. The molecule has 0 bridgehead atoms. The lowest BCUT2D eigenvalue weighted by Crippen LogP contribution is -1.95. The van der Waals surface area contributed by atoms with E-state index in [-0.39, 0.29) is 17.3 Å². The van der Waals surface area contributed by atoms with E-state index < -0.39 is 5.82 Å². The van der Waals surface area contributed by atoms with Crippen LogP contribution in [0.5, 0.6) is 0 Å². The number of fused-ring (bicyclic) bond motifs is 1. The van der Waals surface area contributed by atoms with E-state index >= 15 is 0 Å². The molecular formula is C15H8ClFN4OS. The monoisotopic (exact) mass is 346 g/mol. The molecule has 0 atom stereocenters. The van der Waals surface area contributed by atoms with Gasteiger partial charge in [-0.2, -0.15) is 4.98 Å². The molecule has 0 amide bonds. The average molecular weight is 347 g/mol. The second kappa shape index (κ2) is 5.60. The van der Waals surface area contributed by atoms with Crippen LogP contribution in [-0.2, 0) is 0 Å². The highest BCUT2D eigenvalue weighted by Crippen LogP contribution is 2.24. The number of hydrogen-bond donors (Lipinski definition) is 0. The average Bonchev–Trinajstić information content (AvgIpc) is 3.08. The van der Waals surface area contributed by atoms with Gasteiger partial charge in [0.1, 0.15) is 5.82 Å². The highest BCUT2D eigenvalue weighted by atomic mass is 35.5. The summed E-state index contributed by atoms with van der Waals surface area (Å²) in [6, 6.07) is 13.5. The minimum absolute atomic E-state index is 0.172. The van der Waals surface area contributed by atoms with E-state index in [1.54, 1.807) is 30.3 Å². The zero-order chi connectivity index (χ0) is 15.8. The highest BCUT2D eigenvalue weighted by molar-refractivity contribution is 7.03. The number of para-hydroxylation sites is 1. The summed E-state index contributed by atoms with van der Waals surface area (Å²) in [4.78, 5) is 9.03. The van der Waals surface area contributed by atoms with E-state index in [2.05, 4.69) is 15.1 Å². The first-order valence-electron chi connectivity index (χ1n) is 6.62. The molecule has 0 fully saturated rings. The third-order valence-electron chi connectivity index (χ3n) is 3.07. The Labute approximate surface area is 138 Å². The molecule has 5 nitrogen and oxygen atoms in total. The van der Waals surface area contributed by atoms with Gasteiger partial charge in [-0.15, -0.1) is 9.00 Å². The van der Waals surface area contributed by atoms with Crippen molar-refractivity contribution >= 4 is 34.7 Å². The van der Waals surface area contributed by atoms with Crippen LogP contribution in [0.15, 0.2) is 57.9 Å². The van der Waals surface area contributed by atoms with Crippen LogP contribution in [0.3, 0.4) is 0 Å². The molecular weight excluding hydrogens is 339 g/mol. The number of hydrogen-bond acceptors (Lipinski definition) is 5. The maximum Gasteiger partial charge on any atom is 0.337 e. The Bertz CT molecular complexity index is 1030. The van der Waals surface area contributed by atoms with Gasteiger partial charge in [-0.25, -0.2) is 9.38 Å². The van der Waals surface area contributed by atoms with Gasteiger partial charge in [-0.1, -0.05) is 35.9 Å². The lowest BCUT2D eigenvalue weighted by molar-refractivity contribution is 0.585. The normalized spacial score (nSPS) is 12.2. The van der Waals surface area contributed by atoms with Crippen molar-refractivity contribution in [1.82, 2.24) is 14.0 Å². The van der Waals surface area contributed by atoms with Crippen LogP contribution in [0.2, 0.25) is 5.02 Å². The maximum atomic E-state index is 13.8. The van der Waals surface area contributed by atoms with Crippen molar-refractivity contribution in [3.8, 4) is 11.5 Å². The summed E-state index contributed by atoms with van der Waals surface area (Å²) in [5.74, 6) is 0.0215. The van der Waals surface area contributed by atoms with Crippen LogP contribution in [-0.4, -0.2) is 14.0 Å². The quantitative estimate of drug-likeness (QED) is 0.549. The SMILES string of the molecule is Fc1ccccc1-c1nn2sc(=Nc3ccccc3Cl)nc2o1. The minimum Gasteiger partial charge on any atom is -0.402 e. The van der Waals surface area contributed by atoms with Gasteiger partial charge in [0.15, 0.2) is 0 Å². The van der Waals surface area contributed by atoms with E-state index in [9.17, 15) is 4.39 Å². The first-order chi connectivity index (χ1) is 11.2. The van der Waals surface area contributed by atoms with Crippen molar-refractivity contribution in [2.75, 3.05) is 0 Å². The Kier molecular flexibility index (Phi) is 3.44.